The number of benzene rings is 1. The van der Waals surface area contributed by atoms with E-state index in [1.54, 1.807) is 6.20 Å². The van der Waals surface area contributed by atoms with Crippen molar-refractivity contribution in [2.75, 3.05) is 12.3 Å². The Hall–Kier alpha value is -2.03. The maximum Gasteiger partial charge on any atom is 0.127 e. The van der Waals surface area contributed by atoms with Crippen LogP contribution in [-0.4, -0.2) is 11.6 Å². The maximum absolute atomic E-state index is 5.72. The molecule has 17 heavy (non-hydrogen) atoms. The number of anilines is 1. The smallest absolute Gasteiger partial charge is 0.127 e. The second kappa shape index (κ2) is 4.87. The van der Waals surface area contributed by atoms with Crippen molar-refractivity contribution >= 4 is 5.82 Å². The van der Waals surface area contributed by atoms with E-state index in [-0.39, 0.29) is 0 Å². The Kier molecular flexibility index (Phi) is 3.28. The van der Waals surface area contributed by atoms with Gasteiger partial charge in [-0.1, -0.05) is 18.2 Å². The zero-order chi connectivity index (χ0) is 12.3. The van der Waals surface area contributed by atoms with Gasteiger partial charge < -0.3 is 10.5 Å². The van der Waals surface area contributed by atoms with Crippen LogP contribution in [-0.2, 0) is 0 Å². The fourth-order valence-electron chi connectivity index (χ4n) is 1.72. The molecule has 0 aliphatic heterocycles. The van der Waals surface area contributed by atoms with E-state index in [9.17, 15) is 0 Å². The van der Waals surface area contributed by atoms with Crippen molar-refractivity contribution in [2.45, 2.75) is 13.8 Å². The van der Waals surface area contributed by atoms with E-state index in [4.69, 9.17) is 10.5 Å². The average molecular weight is 228 g/mol. The zero-order valence-corrected chi connectivity index (χ0v) is 10.1. The largest absolute Gasteiger partial charge is 0.493 e. The molecule has 1 aromatic heterocycles. The van der Waals surface area contributed by atoms with E-state index in [1.165, 1.54) is 0 Å². The number of aromatic nitrogens is 1. The fourth-order valence-corrected chi connectivity index (χ4v) is 1.72. The first-order chi connectivity index (χ1) is 8.22. The quantitative estimate of drug-likeness (QED) is 0.878. The Morgan fingerprint density at radius 2 is 2.06 bits per heavy atom. The minimum atomic E-state index is 0.572. The Labute approximate surface area is 101 Å². The van der Waals surface area contributed by atoms with Crippen LogP contribution in [0.5, 0.6) is 5.75 Å². The Bertz CT molecular complexity index is 523. The summed E-state index contributed by atoms with van der Waals surface area (Å²) in [5.41, 5.74) is 8.78. The normalized spacial score (nSPS) is 10.2. The monoisotopic (exact) mass is 228 g/mol. The van der Waals surface area contributed by atoms with Gasteiger partial charge in [0.25, 0.3) is 0 Å². The van der Waals surface area contributed by atoms with Gasteiger partial charge in [0.2, 0.25) is 0 Å². The summed E-state index contributed by atoms with van der Waals surface area (Å²) < 4.78 is 5.60. The first-order valence-electron chi connectivity index (χ1n) is 5.66. The van der Waals surface area contributed by atoms with Crippen molar-refractivity contribution in [1.29, 1.82) is 0 Å². The lowest BCUT2D eigenvalue weighted by atomic mass is 10.1. The van der Waals surface area contributed by atoms with E-state index in [0.717, 1.165) is 22.4 Å². The molecule has 2 rings (SSSR count). The minimum Gasteiger partial charge on any atom is -0.493 e. The fraction of sp³-hybridized carbons (Fsp3) is 0.214. The SMILES string of the molecule is CCOc1ccccc1-c1cnc(N)c(C)c1. The van der Waals surface area contributed by atoms with Gasteiger partial charge in [-0.2, -0.15) is 0 Å². The topological polar surface area (TPSA) is 48.1 Å². The van der Waals surface area contributed by atoms with E-state index >= 15 is 0 Å². The molecule has 0 saturated heterocycles. The number of aryl methyl sites for hydroxylation is 1. The highest BCUT2D eigenvalue weighted by Crippen LogP contribution is 2.30. The van der Waals surface area contributed by atoms with Gasteiger partial charge in [-0.15, -0.1) is 0 Å². The van der Waals surface area contributed by atoms with Gasteiger partial charge in [0.15, 0.2) is 0 Å². The van der Waals surface area contributed by atoms with Crippen LogP contribution in [0.2, 0.25) is 0 Å². The van der Waals surface area contributed by atoms with Gasteiger partial charge in [-0.05, 0) is 31.5 Å². The molecule has 2 N–H and O–H groups in total. The lowest BCUT2D eigenvalue weighted by molar-refractivity contribution is 0.341. The van der Waals surface area contributed by atoms with Gasteiger partial charge in [0, 0.05) is 17.3 Å². The highest BCUT2D eigenvalue weighted by molar-refractivity contribution is 5.71. The third-order valence-electron chi connectivity index (χ3n) is 2.62. The van der Waals surface area contributed by atoms with Gasteiger partial charge in [0.05, 0.1) is 6.61 Å². The molecule has 0 bridgehead atoms. The van der Waals surface area contributed by atoms with Crippen LogP contribution in [0.25, 0.3) is 11.1 Å². The van der Waals surface area contributed by atoms with Gasteiger partial charge in [-0.25, -0.2) is 4.98 Å². The van der Waals surface area contributed by atoms with E-state index in [2.05, 4.69) is 4.98 Å². The summed E-state index contributed by atoms with van der Waals surface area (Å²) in [6.07, 6.45) is 1.78. The number of ether oxygens (including phenoxy) is 1. The second-order valence-corrected chi connectivity index (χ2v) is 3.86. The average Bonchev–Trinajstić information content (AvgIpc) is 2.34. The lowest BCUT2D eigenvalue weighted by Crippen LogP contribution is -1.96. The van der Waals surface area contributed by atoms with Crippen molar-refractivity contribution in [2.24, 2.45) is 0 Å². The standard InChI is InChI=1S/C14H16N2O/c1-3-17-13-7-5-4-6-12(13)11-8-10(2)14(15)16-9-11/h4-9H,3H2,1-2H3,(H2,15,16). The molecule has 0 aliphatic carbocycles. The van der Waals surface area contributed by atoms with E-state index < -0.39 is 0 Å². The van der Waals surface area contributed by atoms with Crippen LogP contribution < -0.4 is 10.5 Å². The molecule has 0 saturated carbocycles. The van der Waals surface area contributed by atoms with Crippen LogP contribution in [0.15, 0.2) is 36.5 Å². The van der Waals surface area contributed by atoms with Crippen molar-refractivity contribution in [1.82, 2.24) is 4.98 Å². The number of pyridine rings is 1. The molecule has 0 fully saturated rings. The Morgan fingerprint density at radius 1 is 1.29 bits per heavy atom. The number of hydrogen-bond donors (Lipinski definition) is 1. The third kappa shape index (κ3) is 2.38. The highest BCUT2D eigenvalue weighted by Gasteiger charge is 2.06. The van der Waals surface area contributed by atoms with Gasteiger partial charge in [-0.3, -0.25) is 0 Å². The molecular formula is C14H16N2O. The molecule has 0 aliphatic rings. The third-order valence-corrected chi connectivity index (χ3v) is 2.62. The van der Waals surface area contributed by atoms with Crippen molar-refractivity contribution in [3.63, 3.8) is 0 Å². The molecule has 0 amide bonds. The summed E-state index contributed by atoms with van der Waals surface area (Å²) in [6, 6.07) is 9.97. The predicted molar refractivity (Wildman–Crippen MR) is 70.0 cm³/mol. The number of nitrogens with zero attached hydrogens (tertiary/aromatic N) is 1. The van der Waals surface area contributed by atoms with Crippen LogP contribution in [0.4, 0.5) is 5.82 Å². The van der Waals surface area contributed by atoms with E-state index in [0.29, 0.717) is 12.4 Å². The molecule has 1 aromatic carbocycles. The molecule has 0 radical (unpaired) electrons. The number of hydrogen-bond acceptors (Lipinski definition) is 3. The lowest BCUT2D eigenvalue weighted by Gasteiger charge is -2.10. The van der Waals surface area contributed by atoms with Crippen molar-refractivity contribution in [3.8, 4) is 16.9 Å². The number of nitrogen functional groups attached to an aromatic ring is 1. The molecular weight excluding hydrogens is 212 g/mol. The van der Waals surface area contributed by atoms with Crippen LogP contribution >= 0.6 is 0 Å². The summed E-state index contributed by atoms with van der Waals surface area (Å²) in [4.78, 5) is 4.18. The number of rotatable bonds is 3. The van der Waals surface area contributed by atoms with Crippen LogP contribution in [0, 0.1) is 6.92 Å². The summed E-state index contributed by atoms with van der Waals surface area (Å²) in [6.45, 7) is 4.58. The first kappa shape index (κ1) is 11.5. The van der Waals surface area contributed by atoms with Crippen LogP contribution in [0.1, 0.15) is 12.5 Å². The van der Waals surface area contributed by atoms with Gasteiger partial charge >= 0.3 is 0 Å². The molecule has 2 aromatic rings. The summed E-state index contributed by atoms with van der Waals surface area (Å²) >= 11 is 0. The summed E-state index contributed by atoms with van der Waals surface area (Å²) in [5, 5.41) is 0. The number of para-hydroxylation sites is 1. The Balaban J connectivity index is 2.48. The first-order valence-corrected chi connectivity index (χ1v) is 5.66. The van der Waals surface area contributed by atoms with E-state index in [1.807, 2.05) is 44.2 Å². The number of nitrogens with two attached hydrogens (primary N) is 1. The molecule has 1 heterocycles. The zero-order valence-electron chi connectivity index (χ0n) is 10.1. The highest BCUT2D eigenvalue weighted by atomic mass is 16.5. The Morgan fingerprint density at radius 3 is 2.76 bits per heavy atom. The maximum atomic E-state index is 5.72. The molecule has 0 unspecified atom stereocenters. The summed E-state index contributed by atoms with van der Waals surface area (Å²) in [7, 11) is 0. The molecule has 0 atom stereocenters. The molecule has 0 spiro atoms. The van der Waals surface area contributed by atoms with Crippen molar-refractivity contribution < 1.29 is 4.74 Å². The summed E-state index contributed by atoms with van der Waals surface area (Å²) in [5.74, 6) is 1.45. The predicted octanol–water partition coefficient (Wildman–Crippen LogP) is 3.04. The van der Waals surface area contributed by atoms with Crippen molar-refractivity contribution in [3.05, 3.63) is 42.1 Å². The molecule has 3 nitrogen and oxygen atoms in total. The van der Waals surface area contributed by atoms with Crippen LogP contribution in [0.3, 0.4) is 0 Å². The minimum absolute atomic E-state index is 0.572. The second-order valence-electron chi connectivity index (χ2n) is 3.86. The molecule has 88 valence electrons. The van der Waals surface area contributed by atoms with Gasteiger partial charge in [0.1, 0.15) is 11.6 Å². The molecule has 3 heteroatoms.